The average molecular weight is 300 g/mol. The predicted octanol–water partition coefficient (Wildman–Crippen LogP) is 3.12. The number of anilines is 1. The Morgan fingerprint density at radius 2 is 2.14 bits per heavy atom. The van der Waals surface area contributed by atoms with Crippen LogP contribution in [0.2, 0.25) is 0 Å². The van der Waals surface area contributed by atoms with Crippen LogP contribution in [0.5, 0.6) is 5.75 Å². The number of benzene rings is 1. The molecule has 0 bridgehead atoms. The zero-order chi connectivity index (χ0) is 16.1. The Morgan fingerprint density at radius 3 is 2.77 bits per heavy atom. The average Bonchev–Trinajstić information content (AvgIpc) is 2.52. The second-order valence-electron chi connectivity index (χ2n) is 5.59. The number of carbonyl (C=O) groups excluding carboxylic acids is 1. The first-order chi connectivity index (χ1) is 10.6. The number of carbonyl (C=O) groups is 1. The highest BCUT2D eigenvalue weighted by molar-refractivity contribution is 6.01. The van der Waals surface area contributed by atoms with Crippen LogP contribution in [0.15, 0.2) is 43.5 Å². The molecule has 0 radical (unpaired) electrons. The van der Waals surface area contributed by atoms with Crippen molar-refractivity contribution in [3.63, 3.8) is 0 Å². The summed E-state index contributed by atoms with van der Waals surface area (Å²) < 4.78 is 5.74. The lowest BCUT2D eigenvalue weighted by molar-refractivity contribution is 0.0865. The maximum Gasteiger partial charge on any atom is 0.179 e. The van der Waals surface area contributed by atoms with Gasteiger partial charge in [-0.3, -0.25) is 9.69 Å². The van der Waals surface area contributed by atoms with Crippen molar-refractivity contribution in [3.05, 3.63) is 49.1 Å². The maximum absolute atomic E-state index is 12.7. The zero-order valence-electron chi connectivity index (χ0n) is 13.3. The van der Waals surface area contributed by atoms with Crippen LogP contribution in [0.3, 0.4) is 0 Å². The summed E-state index contributed by atoms with van der Waals surface area (Å²) in [7, 11) is 0. The standard InChI is InChI=1S/C18H24N2O2/c1-5-9-20(10-6-2)14(4)18(21)15-7-8-17-16(11-15)19-12-13(3)22-17/h5-8,11,13-14,19H,1-2,9-10,12H2,3-4H3. The molecule has 0 fully saturated rings. The van der Waals surface area contributed by atoms with Crippen molar-refractivity contribution >= 4 is 11.5 Å². The van der Waals surface area contributed by atoms with Gasteiger partial charge in [0, 0.05) is 18.7 Å². The molecule has 4 nitrogen and oxygen atoms in total. The van der Waals surface area contributed by atoms with Crippen LogP contribution in [0.25, 0.3) is 0 Å². The third-order valence-corrected chi connectivity index (χ3v) is 3.83. The van der Waals surface area contributed by atoms with E-state index in [9.17, 15) is 4.79 Å². The Balaban J connectivity index is 2.18. The minimum atomic E-state index is -0.225. The number of nitrogens with one attached hydrogen (secondary N) is 1. The number of hydrogen-bond donors (Lipinski definition) is 1. The van der Waals surface area contributed by atoms with Crippen LogP contribution in [-0.2, 0) is 0 Å². The summed E-state index contributed by atoms with van der Waals surface area (Å²) in [5.41, 5.74) is 1.57. The lowest BCUT2D eigenvalue weighted by atomic mass is 10.0. The number of Topliss-reactive ketones (excluding diaryl/α,β-unsaturated/α-hetero) is 1. The molecule has 1 aromatic carbocycles. The summed E-state index contributed by atoms with van der Waals surface area (Å²) >= 11 is 0. The van der Waals surface area contributed by atoms with E-state index in [1.54, 1.807) is 12.2 Å². The van der Waals surface area contributed by atoms with Gasteiger partial charge in [0.25, 0.3) is 0 Å². The van der Waals surface area contributed by atoms with Gasteiger partial charge in [-0.15, -0.1) is 13.2 Å². The van der Waals surface area contributed by atoms with E-state index in [1.165, 1.54) is 0 Å². The van der Waals surface area contributed by atoms with Crippen molar-refractivity contribution < 1.29 is 9.53 Å². The van der Waals surface area contributed by atoms with Gasteiger partial charge >= 0.3 is 0 Å². The summed E-state index contributed by atoms with van der Waals surface area (Å²) in [4.78, 5) is 14.7. The second kappa shape index (κ2) is 7.27. The van der Waals surface area contributed by atoms with Gasteiger partial charge in [-0.2, -0.15) is 0 Å². The van der Waals surface area contributed by atoms with Gasteiger partial charge in [-0.1, -0.05) is 12.2 Å². The Labute approximate surface area is 132 Å². The highest BCUT2D eigenvalue weighted by atomic mass is 16.5. The monoisotopic (exact) mass is 300 g/mol. The van der Waals surface area contributed by atoms with Crippen LogP contribution < -0.4 is 10.1 Å². The fourth-order valence-corrected chi connectivity index (χ4v) is 2.57. The van der Waals surface area contributed by atoms with Gasteiger partial charge in [0.2, 0.25) is 0 Å². The molecule has 22 heavy (non-hydrogen) atoms. The van der Waals surface area contributed by atoms with Gasteiger partial charge in [0.15, 0.2) is 5.78 Å². The molecular weight excluding hydrogens is 276 g/mol. The Kier molecular flexibility index (Phi) is 5.39. The molecule has 118 valence electrons. The van der Waals surface area contributed by atoms with E-state index in [-0.39, 0.29) is 17.9 Å². The van der Waals surface area contributed by atoms with E-state index in [1.807, 2.05) is 36.9 Å². The molecule has 1 heterocycles. The summed E-state index contributed by atoms with van der Waals surface area (Å²) in [6, 6.07) is 5.35. The quantitative estimate of drug-likeness (QED) is 0.620. The third kappa shape index (κ3) is 3.57. The first-order valence-electron chi connectivity index (χ1n) is 7.61. The van der Waals surface area contributed by atoms with Crippen molar-refractivity contribution in [1.29, 1.82) is 0 Å². The van der Waals surface area contributed by atoms with Crippen molar-refractivity contribution in [1.82, 2.24) is 4.90 Å². The van der Waals surface area contributed by atoms with Crippen molar-refractivity contribution in [3.8, 4) is 5.75 Å². The Bertz CT molecular complexity index is 558. The molecule has 4 heteroatoms. The predicted molar refractivity (Wildman–Crippen MR) is 90.8 cm³/mol. The molecule has 2 atom stereocenters. The molecule has 1 aliphatic heterocycles. The Morgan fingerprint density at radius 1 is 1.45 bits per heavy atom. The number of ether oxygens (including phenoxy) is 1. The smallest absolute Gasteiger partial charge is 0.179 e. The Hall–Kier alpha value is -2.07. The van der Waals surface area contributed by atoms with Crippen LogP contribution >= 0.6 is 0 Å². The second-order valence-corrected chi connectivity index (χ2v) is 5.59. The number of nitrogens with zero attached hydrogens (tertiary/aromatic N) is 1. The first kappa shape index (κ1) is 16.3. The van der Waals surface area contributed by atoms with E-state index in [4.69, 9.17) is 4.74 Å². The van der Waals surface area contributed by atoms with Crippen LogP contribution in [0.4, 0.5) is 5.69 Å². The minimum Gasteiger partial charge on any atom is -0.487 e. The van der Waals surface area contributed by atoms with Gasteiger partial charge in [-0.05, 0) is 32.0 Å². The topological polar surface area (TPSA) is 41.6 Å². The highest BCUT2D eigenvalue weighted by Gasteiger charge is 2.23. The largest absolute Gasteiger partial charge is 0.487 e. The van der Waals surface area contributed by atoms with E-state index >= 15 is 0 Å². The fraction of sp³-hybridized carbons (Fsp3) is 0.389. The molecule has 0 aromatic heterocycles. The summed E-state index contributed by atoms with van der Waals surface area (Å²) in [5.74, 6) is 0.893. The van der Waals surface area contributed by atoms with Gasteiger partial charge in [0.05, 0.1) is 18.3 Å². The van der Waals surface area contributed by atoms with Crippen LogP contribution in [0, 0.1) is 0 Å². The highest BCUT2D eigenvalue weighted by Crippen LogP contribution is 2.30. The van der Waals surface area contributed by atoms with Crippen molar-refractivity contribution in [2.45, 2.75) is 26.0 Å². The fourth-order valence-electron chi connectivity index (χ4n) is 2.57. The van der Waals surface area contributed by atoms with Gasteiger partial charge < -0.3 is 10.1 Å². The lowest BCUT2D eigenvalue weighted by Crippen LogP contribution is -2.39. The molecule has 1 N–H and O–H groups in total. The molecule has 0 spiro atoms. The zero-order valence-corrected chi connectivity index (χ0v) is 13.3. The SMILES string of the molecule is C=CCN(CC=C)C(C)C(=O)c1ccc2c(c1)NCC(C)O2. The molecule has 2 unspecified atom stereocenters. The summed E-state index contributed by atoms with van der Waals surface area (Å²) in [5, 5.41) is 3.30. The van der Waals surface area contributed by atoms with E-state index in [0.29, 0.717) is 18.7 Å². The minimum absolute atomic E-state index is 0.0897. The van der Waals surface area contributed by atoms with Gasteiger partial charge in [0.1, 0.15) is 11.9 Å². The van der Waals surface area contributed by atoms with Gasteiger partial charge in [-0.25, -0.2) is 0 Å². The third-order valence-electron chi connectivity index (χ3n) is 3.83. The number of rotatable bonds is 7. The summed E-state index contributed by atoms with van der Waals surface area (Å²) in [6.07, 6.45) is 3.75. The lowest BCUT2D eigenvalue weighted by Gasteiger charge is -2.27. The molecule has 0 saturated heterocycles. The van der Waals surface area contributed by atoms with Crippen LogP contribution in [0.1, 0.15) is 24.2 Å². The van der Waals surface area contributed by atoms with Crippen molar-refractivity contribution in [2.24, 2.45) is 0 Å². The van der Waals surface area contributed by atoms with E-state index in [2.05, 4.69) is 18.5 Å². The normalized spacial score (nSPS) is 17.9. The molecule has 0 aliphatic carbocycles. The first-order valence-corrected chi connectivity index (χ1v) is 7.61. The summed E-state index contributed by atoms with van der Waals surface area (Å²) in [6.45, 7) is 13.5. The van der Waals surface area contributed by atoms with E-state index in [0.717, 1.165) is 18.0 Å². The molecule has 1 aliphatic rings. The number of hydrogen-bond acceptors (Lipinski definition) is 4. The molecule has 1 aromatic rings. The van der Waals surface area contributed by atoms with E-state index < -0.39 is 0 Å². The van der Waals surface area contributed by atoms with Crippen LogP contribution in [-0.4, -0.2) is 42.5 Å². The number of ketones is 1. The number of fused-ring (bicyclic) bond motifs is 1. The maximum atomic E-state index is 12.7. The molecule has 0 saturated carbocycles. The molecule has 2 rings (SSSR count). The molecule has 0 amide bonds. The van der Waals surface area contributed by atoms with Crippen molar-refractivity contribution in [2.75, 3.05) is 25.0 Å². The molecular formula is C18H24N2O2.